The number of piperidine rings is 1. The maximum absolute atomic E-state index is 6.14. The van der Waals surface area contributed by atoms with Gasteiger partial charge in [0.15, 0.2) is 0 Å². The second kappa shape index (κ2) is 6.93. The van der Waals surface area contributed by atoms with E-state index >= 15 is 0 Å². The summed E-state index contributed by atoms with van der Waals surface area (Å²) < 4.78 is 0. The summed E-state index contributed by atoms with van der Waals surface area (Å²) >= 11 is 0. The Hall–Kier alpha value is -0.860. The van der Waals surface area contributed by atoms with Gasteiger partial charge in [-0.25, -0.2) is 0 Å². The van der Waals surface area contributed by atoms with Crippen LogP contribution in [0, 0.1) is 5.41 Å². The molecule has 0 bridgehead atoms. The highest BCUT2D eigenvalue weighted by Crippen LogP contribution is 2.38. The lowest BCUT2D eigenvalue weighted by Crippen LogP contribution is -2.48. The van der Waals surface area contributed by atoms with Crippen LogP contribution in [-0.4, -0.2) is 31.1 Å². The van der Waals surface area contributed by atoms with Gasteiger partial charge in [0.25, 0.3) is 0 Å². The Morgan fingerprint density at radius 3 is 2.14 bits per heavy atom. The fourth-order valence-electron chi connectivity index (χ4n) is 3.75. The van der Waals surface area contributed by atoms with Crippen LogP contribution in [0.4, 0.5) is 0 Å². The first-order valence-electron chi connectivity index (χ1n) is 8.55. The molecule has 1 fully saturated rings. The van der Waals surface area contributed by atoms with Gasteiger partial charge in [-0.15, -0.1) is 0 Å². The van der Waals surface area contributed by atoms with E-state index in [4.69, 9.17) is 5.73 Å². The summed E-state index contributed by atoms with van der Waals surface area (Å²) in [4.78, 5) is 2.63. The van der Waals surface area contributed by atoms with Crippen LogP contribution < -0.4 is 5.73 Å². The summed E-state index contributed by atoms with van der Waals surface area (Å²) in [5.41, 5.74) is 8.17. The van der Waals surface area contributed by atoms with Crippen molar-refractivity contribution in [3.05, 3.63) is 35.9 Å². The lowest BCUT2D eigenvalue weighted by atomic mass is 9.73. The van der Waals surface area contributed by atoms with Crippen molar-refractivity contribution in [2.24, 2.45) is 11.1 Å². The Bertz CT molecular complexity index is 414. The van der Waals surface area contributed by atoms with Crippen LogP contribution in [-0.2, 0) is 5.41 Å². The van der Waals surface area contributed by atoms with E-state index in [1.54, 1.807) is 0 Å². The molecule has 1 saturated heterocycles. The highest BCUT2D eigenvalue weighted by atomic mass is 15.1. The zero-order chi connectivity index (χ0) is 15.3. The molecule has 1 aromatic rings. The van der Waals surface area contributed by atoms with Gasteiger partial charge in [-0.1, -0.05) is 63.9 Å². The van der Waals surface area contributed by atoms with E-state index in [9.17, 15) is 0 Å². The molecule has 1 atom stereocenters. The average molecular weight is 288 g/mol. The second-order valence-corrected chi connectivity index (χ2v) is 7.11. The zero-order valence-electron chi connectivity index (χ0n) is 14.1. The molecule has 21 heavy (non-hydrogen) atoms. The van der Waals surface area contributed by atoms with E-state index < -0.39 is 0 Å². The average Bonchev–Trinajstić information content (AvgIpc) is 2.56. The summed E-state index contributed by atoms with van der Waals surface area (Å²) in [5.74, 6) is 0. The Kier molecular flexibility index (Phi) is 5.45. The molecule has 0 amide bonds. The van der Waals surface area contributed by atoms with E-state index in [0.717, 1.165) is 6.54 Å². The summed E-state index contributed by atoms with van der Waals surface area (Å²) in [5, 5.41) is 0. The minimum absolute atomic E-state index is 0.0691. The predicted molar refractivity (Wildman–Crippen MR) is 91.5 cm³/mol. The Morgan fingerprint density at radius 1 is 1.10 bits per heavy atom. The monoisotopic (exact) mass is 288 g/mol. The molecule has 1 unspecified atom stereocenters. The molecule has 0 aromatic heterocycles. The van der Waals surface area contributed by atoms with Gasteiger partial charge in [0.05, 0.1) is 0 Å². The Balaban J connectivity index is 2.01. The molecule has 0 spiro atoms. The molecular weight excluding hydrogens is 256 g/mol. The smallest absolute Gasteiger partial charge is 0.0174 e. The van der Waals surface area contributed by atoms with Crippen molar-refractivity contribution in [3.63, 3.8) is 0 Å². The lowest BCUT2D eigenvalue weighted by molar-refractivity contribution is 0.0812. The van der Waals surface area contributed by atoms with Crippen molar-refractivity contribution >= 4 is 0 Å². The van der Waals surface area contributed by atoms with Gasteiger partial charge in [0.1, 0.15) is 0 Å². The van der Waals surface area contributed by atoms with Gasteiger partial charge in [-0.2, -0.15) is 0 Å². The van der Waals surface area contributed by atoms with Gasteiger partial charge in [-0.3, -0.25) is 0 Å². The molecule has 0 aliphatic carbocycles. The molecule has 2 N–H and O–H groups in total. The van der Waals surface area contributed by atoms with Crippen LogP contribution in [0.25, 0.3) is 0 Å². The zero-order valence-corrected chi connectivity index (χ0v) is 14.1. The van der Waals surface area contributed by atoms with Crippen LogP contribution in [0.1, 0.15) is 52.0 Å². The van der Waals surface area contributed by atoms with Crippen LogP contribution >= 0.6 is 0 Å². The van der Waals surface area contributed by atoms with Gasteiger partial charge in [0.2, 0.25) is 0 Å². The maximum atomic E-state index is 6.14. The topological polar surface area (TPSA) is 29.3 Å². The summed E-state index contributed by atoms with van der Waals surface area (Å²) in [6.07, 6.45) is 5.33. The van der Waals surface area contributed by atoms with Crippen molar-refractivity contribution < 1.29 is 0 Å². The Morgan fingerprint density at radius 2 is 1.67 bits per heavy atom. The molecule has 118 valence electrons. The molecule has 1 aliphatic heterocycles. The first kappa shape index (κ1) is 16.5. The molecule has 2 rings (SSSR count). The summed E-state index contributed by atoms with van der Waals surface area (Å²) in [7, 11) is 0. The molecular formula is C19H32N2. The van der Waals surface area contributed by atoms with Crippen molar-refractivity contribution in [2.45, 2.75) is 51.9 Å². The minimum Gasteiger partial charge on any atom is -0.330 e. The predicted octanol–water partition coefficient (Wildman–Crippen LogP) is 3.81. The molecule has 0 radical (unpaired) electrons. The van der Waals surface area contributed by atoms with Crippen LogP contribution in [0.15, 0.2) is 30.3 Å². The van der Waals surface area contributed by atoms with E-state index in [1.807, 2.05) is 0 Å². The van der Waals surface area contributed by atoms with Gasteiger partial charge in [-0.05, 0) is 36.9 Å². The summed E-state index contributed by atoms with van der Waals surface area (Å²) in [6, 6.07) is 10.8. The maximum Gasteiger partial charge on any atom is 0.0174 e. The number of rotatable bonds is 6. The number of likely N-dealkylation sites (tertiary alicyclic amines) is 1. The Labute approximate surface area is 130 Å². The van der Waals surface area contributed by atoms with Gasteiger partial charge >= 0.3 is 0 Å². The number of benzene rings is 1. The molecule has 2 nitrogen and oxygen atoms in total. The van der Waals surface area contributed by atoms with Crippen LogP contribution in [0.5, 0.6) is 0 Å². The molecule has 2 heteroatoms. The fraction of sp³-hybridized carbons (Fsp3) is 0.684. The molecule has 1 heterocycles. The number of hydrogen-bond donors (Lipinski definition) is 1. The van der Waals surface area contributed by atoms with Crippen molar-refractivity contribution in [3.8, 4) is 0 Å². The normalized spacial score (nSPS) is 21.9. The molecule has 1 aliphatic rings. The van der Waals surface area contributed by atoms with Crippen molar-refractivity contribution in [2.75, 3.05) is 26.2 Å². The van der Waals surface area contributed by atoms with E-state index in [0.29, 0.717) is 12.0 Å². The molecule has 1 aromatic carbocycles. The summed E-state index contributed by atoms with van der Waals surface area (Å²) in [6.45, 7) is 11.3. The first-order valence-corrected chi connectivity index (χ1v) is 8.55. The third-order valence-corrected chi connectivity index (χ3v) is 5.91. The number of nitrogens with two attached hydrogens (primary N) is 1. The highest BCUT2D eigenvalue weighted by molar-refractivity contribution is 5.25. The fourth-order valence-corrected chi connectivity index (χ4v) is 3.75. The van der Waals surface area contributed by atoms with Crippen LogP contribution in [0.3, 0.4) is 0 Å². The largest absolute Gasteiger partial charge is 0.330 e. The third kappa shape index (κ3) is 3.67. The highest BCUT2D eigenvalue weighted by Gasteiger charge is 2.34. The van der Waals surface area contributed by atoms with Crippen LogP contribution in [0.2, 0.25) is 0 Å². The van der Waals surface area contributed by atoms with E-state index in [-0.39, 0.29) is 5.41 Å². The van der Waals surface area contributed by atoms with Crippen molar-refractivity contribution in [1.82, 2.24) is 4.90 Å². The second-order valence-electron chi connectivity index (χ2n) is 7.11. The minimum atomic E-state index is 0.0691. The quantitative estimate of drug-likeness (QED) is 0.862. The third-order valence-electron chi connectivity index (χ3n) is 5.91. The SMILES string of the molecule is CCC1(CC)CCN(CC(C)(CN)c2ccccc2)CC1. The van der Waals surface area contributed by atoms with E-state index in [2.05, 4.69) is 56.0 Å². The number of hydrogen-bond acceptors (Lipinski definition) is 2. The first-order chi connectivity index (χ1) is 10.1. The molecule has 0 saturated carbocycles. The number of nitrogens with zero attached hydrogens (tertiary/aromatic N) is 1. The van der Waals surface area contributed by atoms with Gasteiger partial charge in [0, 0.05) is 18.5 Å². The van der Waals surface area contributed by atoms with Gasteiger partial charge < -0.3 is 10.6 Å². The van der Waals surface area contributed by atoms with Crippen molar-refractivity contribution in [1.29, 1.82) is 0 Å². The lowest BCUT2D eigenvalue weighted by Gasteiger charge is -2.44. The van der Waals surface area contributed by atoms with E-state index in [1.165, 1.54) is 44.3 Å². The standard InChI is InChI=1S/C19H32N2/c1-4-19(5-2)11-13-21(14-12-19)16-18(3,15-20)17-9-7-6-8-10-17/h6-10H,4-5,11-16,20H2,1-3H3.